The Balaban J connectivity index is 0.824. The van der Waals surface area contributed by atoms with Crippen LogP contribution < -0.4 is 4.90 Å². The predicted molar refractivity (Wildman–Crippen MR) is 343 cm³/mol. The Morgan fingerprint density at radius 1 is 0.272 bits per heavy atom. The second-order valence-electron chi connectivity index (χ2n) is 22.1. The summed E-state index contributed by atoms with van der Waals surface area (Å²) in [5.41, 5.74) is 26.3. The molecule has 382 valence electrons. The number of fused-ring (bicyclic) bond motifs is 7. The number of hydrogen-bond acceptors (Lipinski definition) is 1. The van der Waals surface area contributed by atoms with Crippen molar-refractivity contribution >= 4 is 49.6 Å². The van der Waals surface area contributed by atoms with Crippen LogP contribution in [-0.4, -0.2) is 4.57 Å². The van der Waals surface area contributed by atoms with Crippen molar-refractivity contribution in [1.29, 1.82) is 0 Å². The molecule has 0 fully saturated rings. The molecule has 0 saturated carbocycles. The van der Waals surface area contributed by atoms with Gasteiger partial charge in [-0.2, -0.15) is 0 Å². The van der Waals surface area contributed by atoms with Crippen LogP contribution in [0.1, 0.15) is 25.0 Å². The van der Waals surface area contributed by atoms with Gasteiger partial charge in [0.1, 0.15) is 0 Å². The van der Waals surface area contributed by atoms with Gasteiger partial charge in [0, 0.05) is 38.6 Å². The Bertz CT molecular complexity index is 4570. The van der Waals surface area contributed by atoms with Gasteiger partial charge in [0.15, 0.2) is 0 Å². The van der Waals surface area contributed by atoms with Crippen LogP contribution in [-0.2, 0) is 5.41 Å². The Hall–Kier alpha value is -10.3. The van der Waals surface area contributed by atoms with Gasteiger partial charge in [-0.25, -0.2) is 0 Å². The van der Waals surface area contributed by atoms with Gasteiger partial charge in [-0.3, -0.25) is 0 Å². The highest BCUT2D eigenvalue weighted by atomic mass is 15.1. The first-order valence-corrected chi connectivity index (χ1v) is 28.1. The molecule has 0 spiro atoms. The summed E-state index contributed by atoms with van der Waals surface area (Å²) in [6.07, 6.45) is 0. The summed E-state index contributed by atoms with van der Waals surface area (Å²) >= 11 is 0. The van der Waals surface area contributed by atoms with E-state index in [0.29, 0.717) is 0 Å². The van der Waals surface area contributed by atoms with E-state index >= 15 is 0 Å². The lowest BCUT2D eigenvalue weighted by Gasteiger charge is -2.29. The molecule has 2 nitrogen and oxygen atoms in total. The van der Waals surface area contributed by atoms with E-state index in [-0.39, 0.29) is 5.41 Å². The highest BCUT2D eigenvalue weighted by Gasteiger charge is 2.36. The van der Waals surface area contributed by atoms with E-state index in [1.807, 2.05) is 0 Å². The third kappa shape index (κ3) is 8.35. The molecule has 14 aromatic rings. The molecule has 0 saturated heterocycles. The van der Waals surface area contributed by atoms with Crippen LogP contribution in [0.25, 0.3) is 116 Å². The Labute approximate surface area is 473 Å². The lowest BCUT2D eigenvalue weighted by molar-refractivity contribution is 0.660. The Kier molecular flexibility index (Phi) is 11.6. The number of benzene rings is 13. The standard InChI is InChI=1S/C79H56N2/c1-79(2)74-29-15-13-27-70(74)71-46-45-65(52-75(71)79)80(76-31-17-23-59-22-9-10-26-69(59)76)64-43-40-60(41-44-64)67-24-11-12-25-68(67)61-42-47-78-73(51-61)72-28-14-16-30-77(72)81(78)66-49-62(57-36-32-55(33-37-57)53-18-5-3-6-19-53)48-63(50-66)58-38-34-56(35-39-58)54-20-7-4-8-21-54/h3-52H,1-2H3. The van der Waals surface area contributed by atoms with Gasteiger partial charge in [-0.05, 0) is 161 Å². The molecule has 15 rings (SSSR count). The van der Waals surface area contributed by atoms with Crippen molar-refractivity contribution in [3.05, 3.63) is 314 Å². The quantitative estimate of drug-likeness (QED) is 0.133. The SMILES string of the molecule is CC1(C)c2ccccc2-c2ccc(N(c3ccc(-c4ccccc4-c4ccc5c(c4)c4ccccc4n5-c4cc(-c5ccc(-c6ccccc6)cc5)cc(-c5ccc(-c6ccccc6)cc5)c4)cc3)c3cccc4ccccc34)cc21. The first-order valence-electron chi connectivity index (χ1n) is 28.1. The van der Waals surface area contributed by atoms with Crippen molar-refractivity contribution in [3.8, 4) is 83.6 Å². The molecule has 13 aromatic carbocycles. The molecule has 1 aromatic heterocycles. The summed E-state index contributed by atoms with van der Waals surface area (Å²) < 4.78 is 2.46. The molecule has 0 amide bonds. The molecule has 1 aliphatic carbocycles. The molecule has 81 heavy (non-hydrogen) atoms. The third-order valence-corrected chi connectivity index (χ3v) is 17.0. The van der Waals surface area contributed by atoms with E-state index < -0.39 is 0 Å². The molecule has 2 heteroatoms. The molecule has 0 aliphatic heterocycles. The normalized spacial score (nSPS) is 12.4. The van der Waals surface area contributed by atoms with E-state index in [2.05, 4.69) is 327 Å². The van der Waals surface area contributed by atoms with E-state index in [0.717, 1.165) is 28.3 Å². The molecule has 0 radical (unpaired) electrons. The average Bonchev–Trinajstić information content (AvgIpc) is 4.16. The lowest BCUT2D eigenvalue weighted by atomic mass is 9.82. The second kappa shape index (κ2) is 19.6. The fraction of sp³-hybridized carbons (Fsp3) is 0.0380. The minimum absolute atomic E-state index is 0.125. The van der Waals surface area contributed by atoms with E-state index in [4.69, 9.17) is 0 Å². The second-order valence-corrected chi connectivity index (χ2v) is 22.1. The van der Waals surface area contributed by atoms with Crippen molar-refractivity contribution in [1.82, 2.24) is 4.57 Å². The minimum atomic E-state index is -0.125. The van der Waals surface area contributed by atoms with Crippen LogP contribution >= 0.6 is 0 Å². The van der Waals surface area contributed by atoms with E-state index in [1.54, 1.807) is 0 Å². The molecule has 0 N–H and O–H groups in total. The number of rotatable bonds is 10. The maximum Gasteiger partial charge on any atom is 0.0541 e. The van der Waals surface area contributed by atoms with Gasteiger partial charge in [0.25, 0.3) is 0 Å². The number of aromatic nitrogens is 1. The van der Waals surface area contributed by atoms with Crippen LogP contribution in [0.5, 0.6) is 0 Å². The van der Waals surface area contributed by atoms with Crippen molar-refractivity contribution in [2.24, 2.45) is 0 Å². The number of para-hydroxylation sites is 1. The van der Waals surface area contributed by atoms with Gasteiger partial charge < -0.3 is 9.47 Å². The topological polar surface area (TPSA) is 8.17 Å². The third-order valence-electron chi connectivity index (χ3n) is 17.0. The van der Waals surface area contributed by atoms with Crippen molar-refractivity contribution in [2.75, 3.05) is 4.90 Å². The molecule has 1 aliphatic rings. The zero-order valence-electron chi connectivity index (χ0n) is 45.3. The van der Waals surface area contributed by atoms with Crippen LogP contribution in [0.3, 0.4) is 0 Å². The molecule has 0 unspecified atom stereocenters. The minimum Gasteiger partial charge on any atom is -0.310 e. The smallest absolute Gasteiger partial charge is 0.0541 e. The van der Waals surface area contributed by atoms with Crippen molar-refractivity contribution < 1.29 is 0 Å². The van der Waals surface area contributed by atoms with Crippen molar-refractivity contribution in [3.63, 3.8) is 0 Å². The van der Waals surface area contributed by atoms with Gasteiger partial charge in [-0.1, -0.05) is 250 Å². The van der Waals surface area contributed by atoms with E-state index in [1.165, 1.54) is 116 Å². The first-order chi connectivity index (χ1) is 39.9. The summed E-state index contributed by atoms with van der Waals surface area (Å²) in [5, 5.41) is 4.86. The summed E-state index contributed by atoms with van der Waals surface area (Å²) in [7, 11) is 0. The van der Waals surface area contributed by atoms with Gasteiger partial charge in [0.2, 0.25) is 0 Å². The maximum atomic E-state index is 2.46. The summed E-state index contributed by atoms with van der Waals surface area (Å²) in [5.74, 6) is 0. The van der Waals surface area contributed by atoms with Crippen LogP contribution in [0.15, 0.2) is 303 Å². The van der Waals surface area contributed by atoms with E-state index in [9.17, 15) is 0 Å². The zero-order chi connectivity index (χ0) is 54.0. The van der Waals surface area contributed by atoms with Gasteiger partial charge in [0.05, 0.1) is 16.7 Å². The fourth-order valence-electron chi connectivity index (χ4n) is 12.9. The fourth-order valence-corrected chi connectivity index (χ4v) is 12.9. The molecule has 0 atom stereocenters. The van der Waals surface area contributed by atoms with Crippen molar-refractivity contribution in [2.45, 2.75) is 19.3 Å². The molecular weight excluding hydrogens is 977 g/mol. The number of anilines is 3. The average molecular weight is 1030 g/mol. The monoisotopic (exact) mass is 1030 g/mol. The summed E-state index contributed by atoms with van der Waals surface area (Å²) in [4.78, 5) is 2.45. The summed E-state index contributed by atoms with van der Waals surface area (Å²) in [6.45, 7) is 4.72. The van der Waals surface area contributed by atoms with Crippen LogP contribution in [0.4, 0.5) is 17.1 Å². The van der Waals surface area contributed by atoms with Gasteiger partial charge in [-0.15, -0.1) is 0 Å². The Morgan fingerprint density at radius 2 is 0.741 bits per heavy atom. The number of hydrogen-bond donors (Lipinski definition) is 0. The summed E-state index contributed by atoms with van der Waals surface area (Å²) in [6, 6.07) is 112. The van der Waals surface area contributed by atoms with Crippen LogP contribution in [0, 0.1) is 0 Å². The number of nitrogens with zero attached hydrogens (tertiary/aromatic N) is 2. The lowest BCUT2D eigenvalue weighted by Crippen LogP contribution is -2.16. The van der Waals surface area contributed by atoms with Gasteiger partial charge >= 0.3 is 0 Å². The predicted octanol–water partition coefficient (Wildman–Crippen LogP) is 21.7. The molecular formula is C79H56N2. The zero-order valence-corrected chi connectivity index (χ0v) is 45.3. The maximum absolute atomic E-state index is 2.46. The molecule has 0 bridgehead atoms. The first kappa shape index (κ1) is 47.9. The highest BCUT2D eigenvalue weighted by molar-refractivity contribution is 6.11. The highest BCUT2D eigenvalue weighted by Crippen LogP contribution is 2.51. The van der Waals surface area contributed by atoms with Crippen LogP contribution in [0.2, 0.25) is 0 Å². The Morgan fingerprint density at radius 3 is 1.41 bits per heavy atom. The largest absolute Gasteiger partial charge is 0.310 e. The molecule has 1 heterocycles.